The average Bonchev–Trinajstić information content (AvgIpc) is 2.36. The van der Waals surface area contributed by atoms with E-state index in [1.165, 1.54) is 6.07 Å². The first kappa shape index (κ1) is 13.7. The second-order valence-corrected chi connectivity index (χ2v) is 3.35. The van der Waals surface area contributed by atoms with E-state index in [1.54, 1.807) is 0 Å². The summed E-state index contributed by atoms with van der Waals surface area (Å²) in [7, 11) is 0. The number of anilines is 1. The molecule has 1 rings (SSSR count). The lowest BCUT2D eigenvalue weighted by molar-refractivity contribution is -0.385. The quantitative estimate of drug-likeness (QED) is 0.596. The van der Waals surface area contributed by atoms with Gasteiger partial charge in [-0.15, -0.1) is 0 Å². The summed E-state index contributed by atoms with van der Waals surface area (Å²) in [4.78, 5) is 13.3. The Kier molecular flexibility index (Phi) is 4.06. The molecule has 0 saturated heterocycles. The molecule has 0 atom stereocenters. The molecule has 0 aliphatic carbocycles. The number of nitrogens with one attached hydrogen (secondary N) is 1. The summed E-state index contributed by atoms with van der Waals surface area (Å²) in [5, 5.41) is 21.4. The number of hydrogen-bond acceptors (Lipinski definition) is 6. The van der Waals surface area contributed by atoms with E-state index in [0.29, 0.717) is 0 Å². The number of alkyl halides is 2. The third kappa shape index (κ3) is 3.33. The molecular weight excluding hydrogens is 248 g/mol. The van der Waals surface area contributed by atoms with Crippen molar-refractivity contribution < 1.29 is 13.7 Å². The van der Waals surface area contributed by atoms with Crippen LogP contribution in [0, 0.1) is 21.4 Å². The van der Waals surface area contributed by atoms with Crippen molar-refractivity contribution in [2.24, 2.45) is 5.73 Å². The van der Waals surface area contributed by atoms with Gasteiger partial charge in [0, 0.05) is 6.07 Å². The molecule has 0 spiro atoms. The van der Waals surface area contributed by atoms with Gasteiger partial charge in [0.05, 0.1) is 18.0 Å². The highest BCUT2D eigenvalue weighted by molar-refractivity contribution is 5.50. The normalized spacial score (nSPS) is 10.8. The molecule has 9 heteroatoms. The summed E-state index contributed by atoms with van der Waals surface area (Å²) >= 11 is 0. The van der Waals surface area contributed by atoms with E-state index in [-0.39, 0.29) is 5.82 Å². The number of nitriles is 1. The number of nitrogens with two attached hydrogens (primary N) is 1. The fourth-order valence-electron chi connectivity index (χ4n) is 1.07. The predicted octanol–water partition coefficient (Wildman–Crippen LogP) is 0.867. The minimum absolute atomic E-state index is 0.0507. The third-order valence-corrected chi connectivity index (χ3v) is 2.00. The molecule has 0 aliphatic heterocycles. The fraction of sp³-hybridized carbons (Fsp3) is 0.333. The van der Waals surface area contributed by atoms with Crippen LogP contribution in [0.15, 0.2) is 12.1 Å². The number of rotatable bonds is 5. The summed E-state index contributed by atoms with van der Waals surface area (Å²) in [6.07, 6.45) is 0. The van der Waals surface area contributed by atoms with Crippen LogP contribution in [0.2, 0.25) is 0 Å². The van der Waals surface area contributed by atoms with Gasteiger partial charge in [-0.3, -0.25) is 10.1 Å². The monoisotopic (exact) mass is 257 g/mol. The fourth-order valence-corrected chi connectivity index (χ4v) is 1.07. The molecule has 1 heterocycles. The molecule has 0 saturated carbocycles. The molecule has 0 unspecified atom stereocenters. The Morgan fingerprint density at radius 2 is 2.28 bits per heavy atom. The molecule has 0 fully saturated rings. The van der Waals surface area contributed by atoms with Gasteiger partial charge in [0.15, 0.2) is 0 Å². The lowest BCUT2D eigenvalue weighted by atomic mass is 10.3. The van der Waals surface area contributed by atoms with Crippen LogP contribution in [-0.4, -0.2) is 28.9 Å². The summed E-state index contributed by atoms with van der Waals surface area (Å²) in [5.74, 6) is -3.17. The summed E-state index contributed by atoms with van der Waals surface area (Å²) < 4.78 is 25.7. The molecular formula is C9H9F2N5O2. The van der Waals surface area contributed by atoms with Gasteiger partial charge in [-0.25, -0.2) is 13.8 Å². The number of pyridine rings is 1. The van der Waals surface area contributed by atoms with Crippen molar-refractivity contribution in [3.05, 3.63) is 27.9 Å². The van der Waals surface area contributed by atoms with Crippen LogP contribution < -0.4 is 11.1 Å². The lowest BCUT2D eigenvalue weighted by Gasteiger charge is -2.14. The number of nitro groups is 1. The number of halogens is 2. The van der Waals surface area contributed by atoms with Gasteiger partial charge in [0.25, 0.3) is 5.92 Å². The second kappa shape index (κ2) is 5.33. The Morgan fingerprint density at radius 3 is 2.78 bits per heavy atom. The Hall–Kier alpha value is -2.34. The summed E-state index contributed by atoms with van der Waals surface area (Å²) in [6.45, 7) is -1.60. The summed E-state index contributed by atoms with van der Waals surface area (Å²) in [5.41, 5.74) is 3.92. The molecule has 0 bridgehead atoms. The first-order valence-electron chi connectivity index (χ1n) is 4.77. The van der Waals surface area contributed by atoms with E-state index in [4.69, 9.17) is 11.0 Å². The van der Waals surface area contributed by atoms with Crippen LogP contribution in [0.5, 0.6) is 0 Å². The smallest absolute Gasteiger partial charge is 0.305 e. The van der Waals surface area contributed by atoms with Crippen molar-refractivity contribution >= 4 is 11.5 Å². The predicted molar refractivity (Wildman–Crippen MR) is 58.1 cm³/mol. The molecule has 0 aliphatic rings. The SMILES string of the molecule is N#Cc1nc(NCC(F)(F)CN)ccc1[N+](=O)[O-]. The molecule has 18 heavy (non-hydrogen) atoms. The van der Waals surface area contributed by atoms with Gasteiger partial charge in [0.1, 0.15) is 11.9 Å². The van der Waals surface area contributed by atoms with Crippen LogP contribution in [0.25, 0.3) is 0 Å². The van der Waals surface area contributed by atoms with E-state index < -0.39 is 35.3 Å². The maximum Gasteiger partial charge on any atom is 0.305 e. The van der Waals surface area contributed by atoms with Gasteiger partial charge >= 0.3 is 5.69 Å². The van der Waals surface area contributed by atoms with Crippen LogP contribution >= 0.6 is 0 Å². The highest BCUT2D eigenvalue weighted by atomic mass is 19.3. The number of aromatic nitrogens is 1. The highest BCUT2D eigenvalue weighted by Gasteiger charge is 2.26. The zero-order chi connectivity index (χ0) is 13.8. The van der Waals surface area contributed by atoms with Crippen LogP contribution in [-0.2, 0) is 0 Å². The average molecular weight is 257 g/mol. The zero-order valence-corrected chi connectivity index (χ0v) is 9.06. The Labute approximate surface area is 100 Å². The molecule has 96 valence electrons. The van der Waals surface area contributed by atoms with Crippen LogP contribution in [0.4, 0.5) is 20.3 Å². The minimum Gasteiger partial charge on any atom is -0.364 e. The zero-order valence-electron chi connectivity index (χ0n) is 9.06. The van der Waals surface area contributed by atoms with E-state index in [9.17, 15) is 18.9 Å². The maximum atomic E-state index is 12.8. The largest absolute Gasteiger partial charge is 0.364 e. The van der Waals surface area contributed by atoms with Gasteiger partial charge in [-0.1, -0.05) is 0 Å². The molecule has 0 amide bonds. The first-order chi connectivity index (χ1) is 8.39. The van der Waals surface area contributed by atoms with Crippen molar-refractivity contribution in [2.45, 2.75) is 5.92 Å². The Bertz CT molecular complexity index is 500. The van der Waals surface area contributed by atoms with Gasteiger partial charge in [-0.2, -0.15) is 5.26 Å². The standard InChI is InChI=1S/C9H9F2N5O2/c10-9(11,4-13)5-14-8-2-1-7(16(17)18)6(3-12)15-8/h1-2H,4-5,13H2,(H,14,15). The van der Waals surface area contributed by atoms with E-state index in [0.717, 1.165) is 12.1 Å². The van der Waals surface area contributed by atoms with Crippen molar-refractivity contribution in [1.29, 1.82) is 5.26 Å². The van der Waals surface area contributed by atoms with Crippen LogP contribution in [0.3, 0.4) is 0 Å². The summed E-state index contributed by atoms with van der Waals surface area (Å²) in [6, 6.07) is 3.69. The van der Waals surface area contributed by atoms with E-state index in [2.05, 4.69) is 10.3 Å². The lowest BCUT2D eigenvalue weighted by Crippen LogP contribution is -2.35. The molecule has 0 aromatic carbocycles. The van der Waals surface area contributed by atoms with E-state index >= 15 is 0 Å². The number of hydrogen-bond donors (Lipinski definition) is 2. The third-order valence-electron chi connectivity index (χ3n) is 2.00. The highest BCUT2D eigenvalue weighted by Crippen LogP contribution is 2.19. The van der Waals surface area contributed by atoms with Crippen molar-refractivity contribution in [3.63, 3.8) is 0 Å². The van der Waals surface area contributed by atoms with Crippen molar-refractivity contribution in [3.8, 4) is 6.07 Å². The molecule has 1 aromatic rings. The molecule has 0 radical (unpaired) electrons. The van der Waals surface area contributed by atoms with Crippen molar-refractivity contribution in [2.75, 3.05) is 18.4 Å². The first-order valence-corrected chi connectivity index (χ1v) is 4.77. The number of nitrogens with zero attached hydrogens (tertiary/aromatic N) is 3. The molecule has 7 nitrogen and oxygen atoms in total. The topological polar surface area (TPSA) is 118 Å². The Morgan fingerprint density at radius 1 is 1.61 bits per heavy atom. The van der Waals surface area contributed by atoms with Crippen molar-refractivity contribution in [1.82, 2.24) is 4.98 Å². The second-order valence-electron chi connectivity index (χ2n) is 3.35. The van der Waals surface area contributed by atoms with Crippen LogP contribution in [0.1, 0.15) is 5.69 Å². The Balaban J connectivity index is 2.88. The maximum absolute atomic E-state index is 12.8. The molecule has 1 aromatic heterocycles. The van der Waals surface area contributed by atoms with Gasteiger partial charge in [0.2, 0.25) is 5.69 Å². The molecule has 3 N–H and O–H groups in total. The van der Waals surface area contributed by atoms with E-state index in [1.807, 2.05) is 0 Å². The minimum atomic E-state index is -3.11. The van der Waals surface area contributed by atoms with Gasteiger partial charge in [-0.05, 0) is 6.07 Å². The van der Waals surface area contributed by atoms with Gasteiger partial charge < -0.3 is 11.1 Å².